The maximum absolute atomic E-state index is 11.8. The fraction of sp³-hybridized carbons (Fsp3) is 0.979. The number of ether oxygens (including phenoxy) is 12. The maximum Gasteiger partial charge on any atom is 0.176 e. The molecular formula is C47H87N2O17+. The van der Waals surface area contributed by atoms with Crippen molar-refractivity contribution in [2.45, 2.75) is 234 Å². The van der Waals surface area contributed by atoms with Crippen molar-refractivity contribution < 1.29 is 82.1 Å². The highest BCUT2D eigenvalue weighted by Gasteiger charge is 2.63. The van der Waals surface area contributed by atoms with Gasteiger partial charge in [0.25, 0.3) is 0 Å². The number of rotatable bonds is 13. The van der Waals surface area contributed by atoms with E-state index in [1.165, 1.54) is 14.2 Å². The summed E-state index contributed by atoms with van der Waals surface area (Å²) < 4.78 is 77.5. The van der Waals surface area contributed by atoms with E-state index in [-0.39, 0.29) is 73.1 Å². The van der Waals surface area contributed by atoms with Crippen LogP contribution in [0.1, 0.15) is 120 Å². The lowest BCUT2D eigenvalue weighted by molar-refractivity contribution is -0.373. The van der Waals surface area contributed by atoms with Gasteiger partial charge in [0, 0.05) is 90.2 Å². The van der Waals surface area contributed by atoms with Crippen molar-refractivity contribution in [1.82, 2.24) is 12.3 Å². The summed E-state index contributed by atoms with van der Waals surface area (Å²) in [7, 11) is 6.34. The fourth-order valence-corrected chi connectivity index (χ4v) is 12.7. The molecule has 7 aliphatic rings. The Morgan fingerprint density at radius 2 is 1.44 bits per heavy atom. The quantitative estimate of drug-likeness (QED) is 0.176. The Bertz CT molecular complexity index is 1620. The SMILES string of the molecule is CO[C@@H]1[C@@H](OC)[C@H](C)[C@@](O)(CC(=O)[O-])O[C@H]1[C@H](C)[C@H]1O[C@@]2(CC[C@@](C)([C@H]3CC[C@@](C)([C@@H]4O[C@@H]([C@H]5O[C@](C)(O)[C@H](C)C[C@@H]5C)C[C@@H]4OC4C[C@H](OC)[C@@H](OC)[C@H](C)O4)O3)O2)C[C@H](O)[C@H]1C.[NH4+].[NH4+]. The average Bonchev–Trinajstić information content (AvgIpc) is 3.94. The van der Waals surface area contributed by atoms with Gasteiger partial charge in [-0.2, -0.15) is 0 Å². The summed E-state index contributed by atoms with van der Waals surface area (Å²) in [6.07, 6.45) is -3.46. The van der Waals surface area contributed by atoms with Gasteiger partial charge in [-0.05, 0) is 59.3 Å². The number of hydrogen-bond donors (Lipinski definition) is 5. The average molecular weight is 952 g/mol. The van der Waals surface area contributed by atoms with Gasteiger partial charge in [0.15, 0.2) is 23.7 Å². The van der Waals surface area contributed by atoms with Crippen molar-refractivity contribution in [2.75, 3.05) is 28.4 Å². The molecule has 0 saturated carbocycles. The molecule has 11 N–H and O–H groups in total. The minimum absolute atomic E-state index is 0. The van der Waals surface area contributed by atoms with Crippen LogP contribution in [0, 0.1) is 29.6 Å². The second kappa shape index (κ2) is 20.9. The third-order valence-electron chi connectivity index (χ3n) is 16.8. The number of carboxylic acids is 1. The van der Waals surface area contributed by atoms with E-state index in [1.54, 1.807) is 28.1 Å². The standard InChI is InChI=1S/C47H80O17.2H3N/c1-23-18-24(2)45(9,51)61-36(23)31-19-32(58-35-20-30(53-10)40(55-12)28(6)57-35)42(59-31)44(8)15-14-33(60-44)43(7)16-17-46(64-43)21-29(48)25(3)37(62-46)26(4)38-41(56-13)39(54-11)27(5)47(52,63-38)22-34(49)50;;/h23-33,35-42,48,51-52H,14-22H2,1-13H3,(H,49,50);2*1H3/p+1/t23-,24+,25+,26+,27-,28-,29-,30-,31+,32-,33+,35?,36-,37-,38-,39-,40-,41-,42+,43-,44-,45-,46+,47+;;/m0../s1. The molecule has 7 fully saturated rings. The number of carbonyl (C=O) groups excluding carboxylic acids is 1. The van der Waals surface area contributed by atoms with Crippen LogP contribution in [-0.2, 0) is 61.6 Å². The van der Waals surface area contributed by atoms with Gasteiger partial charge in [0.2, 0.25) is 0 Å². The Labute approximate surface area is 391 Å². The first-order chi connectivity index (χ1) is 30.0. The molecule has 0 radical (unpaired) electrons. The van der Waals surface area contributed by atoms with Crippen LogP contribution in [0.3, 0.4) is 0 Å². The number of quaternary nitrogens is 2. The molecule has 0 aromatic carbocycles. The molecule has 0 amide bonds. The molecule has 24 atom stereocenters. The van der Waals surface area contributed by atoms with E-state index in [1.807, 2.05) is 34.6 Å². The second-order valence-electron chi connectivity index (χ2n) is 21.3. The number of hydrogen-bond acceptors (Lipinski definition) is 17. The minimum Gasteiger partial charge on any atom is -0.550 e. The monoisotopic (exact) mass is 952 g/mol. The van der Waals surface area contributed by atoms with Crippen molar-refractivity contribution in [3.05, 3.63) is 0 Å². The molecule has 19 heteroatoms. The zero-order valence-corrected chi connectivity index (χ0v) is 42.4. The topological polar surface area (TPSA) is 285 Å². The molecule has 0 aromatic rings. The third kappa shape index (κ3) is 10.4. The van der Waals surface area contributed by atoms with Gasteiger partial charge in [-0.1, -0.05) is 34.6 Å². The van der Waals surface area contributed by atoms with Crippen molar-refractivity contribution in [3.63, 3.8) is 0 Å². The van der Waals surface area contributed by atoms with Crippen LogP contribution >= 0.6 is 0 Å². The highest BCUT2D eigenvalue weighted by Crippen LogP contribution is 2.55. The summed E-state index contributed by atoms with van der Waals surface area (Å²) in [5.41, 5.74) is -1.61. The molecule has 19 nitrogen and oxygen atoms in total. The van der Waals surface area contributed by atoms with Crippen LogP contribution in [0.25, 0.3) is 0 Å². The van der Waals surface area contributed by atoms with Gasteiger partial charge in [0.05, 0.1) is 72.2 Å². The van der Waals surface area contributed by atoms with Crippen molar-refractivity contribution in [3.8, 4) is 0 Å². The molecule has 7 heterocycles. The Morgan fingerprint density at radius 1 is 0.773 bits per heavy atom. The number of aliphatic hydroxyl groups is 3. The van der Waals surface area contributed by atoms with Gasteiger partial charge in [-0.3, -0.25) is 0 Å². The molecular weight excluding hydrogens is 865 g/mol. The Balaban J connectivity index is 0.00000408. The number of aliphatic carboxylic acids is 1. The molecule has 7 rings (SSSR count). The van der Waals surface area contributed by atoms with E-state index < -0.39 is 102 Å². The first kappa shape index (κ1) is 55.7. The molecule has 0 bridgehead atoms. The summed E-state index contributed by atoms with van der Waals surface area (Å²) in [5.74, 6) is -7.58. The molecule has 1 unspecified atom stereocenters. The summed E-state index contributed by atoms with van der Waals surface area (Å²) in [6, 6.07) is 0. The summed E-state index contributed by atoms with van der Waals surface area (Å²) in [6.45, 7) is 17.4. The lowest BCUT2D eigenvalue weighted by Crippen LogP contribution is -2.66. The van der Waals surface area contributed by atoms with Gasteiger partial charge >= 0.3 is 0 Å². The number of methoxy groups -OCH3 is 4. The van der Waals surface area contributed by atoms with Crippen LogP contribution in [0.5, 0.6) is 0 Å². The van der Waals surface area contributed by atoms with Gasteiger partial charge in [0.1, 0.15) is 18.3 Å². The number of carbonyl (C=O) groups is 1. The first-order valence-electron chi connectivity index (χ1n) is 23.8. The van der Waals surface area contributed by atoms with Crippen LogP contribution in [0.4, 0.5) is 0 Å². The third-order valence-corrected chi connectivity index (χ3v) is 16.8. The largest absolute Gasteiger partial charge is 0.550 e. The summed E-state index contributed by atoms with van der Waals surface area (Å²) in [5, 5.41) is 46.4. The molecule has 386 valence electrons. The highest BCUT2D eigenvalue weighted by molar-refractivity contribution is 5.65. The van der Waals surface area contributed by atoms with Crippen LogP contribution in [0.15, 0.2) is 0 Å². The number of carboxylic acid groups (broad SMARTS) is 1. The van der Waals surface area contributed by atoms with E-state index in [0.717, 1.165) is 6.42 Å². The van der Waals surface area contributed by atoms with Crippen LogP contribution < -0.4 is 17.4 Å². The molecule has 7 aliphatic heterocycles. The smallest absolute Gasteiger partial charge is 0.176 e. The normalized spacial score (nSPS) is 52.4. The Morgan fingerprint density at radius 3 is 2.06 bits per heavy atom. The Kier molecular flexibility index (Phi) is 17.6. The predicted octanol–water partition coefficient (Wildman–Crippen LogP) is 3.73. The zero-order chi connectivity index (χ0) is 46.9. The lowest BCUT2D eigenvalue weighted by atomic mass is 9.75. The summed E-state index contributed by atoms with van der Waals surface area (Å²) in [4.78, 5) is 11.8. The van der Waals surface area contributed by atoms with Crippen molar-refractivity contribution in [1.29, 1.82) is 0 Å². The van der Waals surface area contributed by atoms with Gasteiger partial charge < -0.3 is 94.4 Å². The molecule has 66 heavy (non-hydrogen) atoms. The highest BCUT2D eigenvalue weighted by atomic mass is 16.7. The van der Waals surface area contributed by atoms with Crippen LogP contribution in [0.2, 0.25) is 0 Å². The first-order valence-corrected chi connectivity index (χ1v) is 23.8. The number of aliphatic hydroxyl groups excluding tert-OH is 1. The van der Waals surface area contributed by atoms with Crippen molar-refractivity contribution in [2.24, 2.45) is 29.6 Å². The Hall–Kier alpha value is -1.21. The van der Waals surface area contributed by atoms with Gasteiger partial charge in [-0.25, -0.2) is 0 Å². The minimum atomic E-state index is -2.09. The van der Waals surface area contributed by atoms with E-state index in [9.17, 15) is 25.2 Å². The summed E-state index contributed by atoms with van der Waals surface area (Å²) >= 11 is 0. The van der Waals surface area contributed by atoms with E-state index in [4.69, 9.17) is 56.8 Å². The molecule has 0 aliphatic carbocycles. The van der Waals surface area contributed by atoms with E-state index >= 15 is 0 Å². The van der Waals surface area contributed by atoms with Crippen molar-refractivity contribution >= 4 is 5.97 Å². The fourth-order valence-electron chi connectivity index (χ4n) is 12.7. The van der Waals surface area contributed by atoms with E-state index in [2.05, 4.69) is 13.8 Å². The lowest BCUT2D eigenvalue weighted by Gasteiger charge is -2.54. The molecule has 7 saturated heterocycles. The zero-order valence-electron chi connectivity index (χ0n) is 42.4. The maximum atomic E-state index is 11.8. The van der Waals surface area contributed by atoms with E-state index in [0.29, 0.717) is 38.5 Å². The van der Waals surface area contributed by atoms with Gasteiger partial charge in [-0.15, -0.1) is 0 Å². The second-order valence-corrected chi connectivity index (χ2v) is 21.3. The molecule has 1 spiro atoms. The van der Waals surface area contributed by atoms with Crippen LogP contribution in [-0.4, -0.2) is 164 Å². The predicted molar refractivity (Wildman–Crippen MR) is 237 cm³/mol. The molecule has 0 aromatic heterocycles.